The standard InChI is InChI=1S/C16H22N2O3/c1-10-7-11(2)14(17)8-13(10)15(19)18-6-4-5-12(9-18)16(20)21-3/h7-8,12H,4-6,9,17H2,1-3H3. The summed E-state index contributed by atoms with van der Waals surface area (Å²) >= 11 is 0. The van der Waals surface area contributed by atoms with Crippen molar-refractivity contribution in [3.8, 4) is 0 Å². The van der Waals surface area contributed by atoms with E-state index < -0.39 is 0 Å². The van der Waals surface area contributed by atoms with Crippen molar-refractivity contribution >= 4 is 17.6 Å². The number of anilines is 1. The highest BCUT2D eigenvalue weighted by atomic mass is 16.5. The lowest BCUT2D eigenvalue weighted by Crippen LogP contribution is -2.42. The molecule has 114 valence electrons. The number of hydrogen-bond acceptors (Lipinski definition) is 4. The molecule has 1 aromatic carbocycles. The Hall–Kier alpha value is -2.04. The van der Waals surface area contributed by atoms with E-state index in [4.69, 9.17) is 10.5 Å². The Kier molecular flexibility index (Phi) is 4.50. The van der Waals surface area contributed by atoms with Crippen LogP contribution in [0.4, 0.5) is 5.69 Å². The number of ether oxygens (including phenoxy) is 1. The minimum absolute atomic E-state index is 0.0622. The molecule has 21 heavy (non-hydrogen) atoms. The average molecular weight is 290 g/mol. The summed E-state index contributed by atoms with van der Waals surface area (Å²) in [6.07, 6.45) is 1.58. The number of nitrogen functional groups attached to an aromatic ring is 1. The second kappa shape index (κ2) is 6.16. The van der Waals surface area contributed by atoms with Gasteiger partial charge in [0.15, 0.2) is 0 Å². The third kappa shape index (κ3) is 3.17. The van der Waals surface area contributed by atoms with Gasteiger partial charge in [-0.3, -0.25) is 9.59 Å². The Morgan fingerprint density at radius 2 is 2.00 bits per heavy atom. The van der Waals surface area contributed by atoms with Crippen LogP contribution in [0.1, 0.15) is 34.3 Å². The Balaban J connectivity index is 2.20. The van der Waals surface area contributed by atoms with Gasteiger partial charge in [-0.1, -0.05) is 6.07 Å². The molecule has 5 heteroatoms. The van der Waals surface area contributed by atoms with Gasteiger partial charge >= 0.3 is 5.97 Å². The number of benzene rings is 1. The molecule has 1 saturated heterocycles. The lowest BCUT2D eigenvalue weighted by Gasteiger charge is -2.31. The number of methoxy groups -OCH3 is 1. The zero-order valence-electron chi connectivity index (χ0n) is 12.8. The molecular formula is C16H22N2O3. The Morgan fingerprint density at radius 3 is 2.67 bits per heavy atom. The first-order valence-corrected chi connectivity index (χ1v) is 7.18. The number of amides is 1. The highest BCUT2D eigenvalue weighted by Gasteiger charge is 2.30. The first kappa shape index (κ1) is 15.4. The van der Waals surface area contributed by atoms with Crippen LogP contribution in [0.15, 0.2) is 12.1 Å². The van der Waals surface area contributed by atoms with Gasteiger partial charge in [0.05, 0.1) is 13.0 Å². The predicted molar refractivity (Wildman–Crippen MR) is 81.0 cm³/mol. The van der Waals surface area contributed by atoms with Gasteiger partial charge in [0.1, 0.15) is 0 Å². The number of hydrogen-bond donors (Lipinski definition) is 1. The minimum atomic E-state index is -0.243. The van der Waals surface area contributed by atoms with E-state index in [2.05, 4.69) is 0 Å². The number of piperidine rings is 1. The maximum Gasteiger partial charge on any atom is 0.310 e. The van der Waals surface area contributed by atoms with Crippen LogP contribution in [-0.2, 0) is 9.53 Å². The van der Waals surface area contributed by atoms with Crippen LogP contribution < -0.4 is 5.73 Å². The second-order valence-corrected chi connectivity index (χ2v) is 5.64. The quantitative estimate of drug-likeness (QED) is 0.667. The molecule has 0 aromatic heterocycles. The maximum atomic E-state index is 12.7. The van der Waals surface area contributed by atoms with Crippen molar-refractivity contribution in [2.45, 2.75) is 26.7 Å². The van der Waals surface area contributed by atoms with Crippen molar-refractivity contribution in [3.63, 3.8) is 0 Å². The van der Waals surface area contributed by atoms with Gasteiger partial charge in [0.2, 0.25) is 0 Å². The third-order valence-electron chi connectivity index (χ3n) is 4.09. The molecule has 0 aliphatic carbocycles. The molecule has 1 unspecified atom stereocenters. The van der Waals surface area contributed by atoms with Gasteiger partial charge in [0.25, 0.3) is 5.91 Å². The summed E-state index contributed by atoms with van der Waals surface area (Å²) in [7, 11) is 1.38. The number of esters is 1. The summed E-state index contributed by atoms with van der Waals surface area (Å²) in [5, 5.41) is 0. The third-order valence-corrected chi connectivity index (χ3v) is 4.09. The Labute approximate surface area is 125 Å². The number of rotatable bonds is 2. The van der Waals surface area contributed by atoms with Crippen LogP contribution in [0.25, 0.3) is 0 Å². The minimum Gasteiger partial charge on any atom is -0.469 e. The number of nitrogens with two attached hydrogens (primary N) is 1. The van der Waals surface area contributed by atoms with Crippen molar-refractivity contribution in [1.29, 1.82) is 0 Å². The molecule has 1 aliphatic heterocycles. The average Bonchev–Trinajstić information content (AvgIpc) is 2.49. The first-order valence-electron chi connectivity index (χ1n) is 7.18. The van der Waals surface area contributed by atoms with Crippen molar-refractivity contribution < 1.29 is 14.3 Å². The lowest BCUT2D eigenvalue weighted by molar-refractivity contribution is -0.146. The van der Waals surface area contributed by atoms with E-state index in [1.54, 1.807) is 11.0 Å². The molecule has 1 aromatic rings. The predicted octanol–water partition coefficient (Wildman–Crippen LogP) is 1.91. The van der Waals surface area contributed by atoms with E-state index in [0.29, 0.717) is 24.3 Å². The summed E-state index contributed by atoms with van der Waals surface area (Å²) in [4.78, 5) is 26.0. The fourth-order valence-corrected chi connectivity index (χ4v) is 2.79. The van der Waals surface area contributed by atoms with Crippen LogP contribution in [-0.4, -0.2) is 37.0 Å². The van der Waals surface area contributed by atoms with Gasteiger partial charge in [-0.25, -0.2) is 0 Å². The molecule has 1 fully saturated rings. The number of carbonyl (C=O) groups is 2. The van der Waals surface area contributed by atoms with Crippen LogP contribution >= 0.6 is 0 Å². The molecule has 2 N–H and O–H groups in total. The molecule has 0 spiro atoms. The molecule has 2 rings (SSSR count). The second-order valence-electron chi connectivity index (χ2n) is 5.64. The van der Waals surface area contributed by atoms with E-state index in [1.165, 1.54) is 7.11 Å². The summed E-state index contributed by atoms with van der Waals surface area (Å²) < 4.78 is 4.79. The summed E-state index contributed by atoms with van der Waals surface area (Å²) in [5.41, 5.74) is 9.02. The van der Waals surface area contributed by atoms with E-state index in [0.717, 1.165) is 24.0 Å². The first-order chi connectivity index (χ1) is 9.93. The van der Waals surface area contributed by atoms with E-state index in [-0.39, 0.29) is 17.8 Å². The van der Waals surface area contributed by atoms with E-state index >= 15 is 0 Å². The summed E-state index contributed by atoms with van der Waals surface area (Å²) in [6.45, 7) is 4.91. The highest BCUT2D eigenvalue weighted by Crippen LogP contribution is 2.23. The monoisotopic (exact) mass is 290 g/mol. The van der Waals surface area contributed by atoms with E-state index in [1.807, 2.05) is 19.9 Å². The number of nitrogens with zero attached hydrogens (tertiary/aromatic N) is 1. The van der Waals surface area contributed by atoms with E-state index in [9.17, 15) is 9.59 Å². The summed E-state index contributed by atoms with van der Waals surface area (Å²) in [6, 6.07) is 3.65. The topological polar surface area (TPSA) is 72.6 Å². The van der Waals surface area contributed by atoms with Crippen LogP contribution in [0.3, 0.4) is 0 Å². The van der Waals surface area contributed by atoms with Crippen LogP contribution in [0.2, 0.25) is 0 Å². The highest BCUT2D eigenvalue weighted by molar-refractivity contribution is 5.97. The molecule has 0 saturated carbocycles. The Bertz CT molecular complexity index is 569. The fourth-order valence-electron chi connectivity index (χ4n) is 2.79. The van der Waals surface area contributed by atoms with Crippen molar-refractivity contribution in [2.75, 3.05) is 25.9 Å². The molecule has 1 aliphatic rings. The molecule has 0 radical (unpaired) electrons. The Morgan fingerprint density at radius 1 is 1.29 bits per heavy atom. The van der Waals surface area contributed by atoms with Crippen LogP contribution in [0.5, 0.6) is 0 Å². The largest absolute Gasteiger partial charge is 0.469 e. The number of aryl methyl sites for hydroxylation is 2. The molecule has 1 heterocycles. The van der Waals surface area contributed by atoms with Crippen molar-refractivity contribution in [2.24, 2.45) is 5.92 Å². The van der Waals surface area contributed by atoms with Gasteiger partial charge in [0, 0.05) is 24.3 Å². The number of carbonyl (C=O) groups excluding carboxylic acids is 2. The zero-order chi connectivity index (χ0) is 15.6. The zero-order valence-corrected chi connectivity index (χ0v) is 12.8. The van der Waals surface area contributed by atoms with Gasteiger partial charge in [-0.05, 0) is 43.9 Å². The molecule has 5 nitrogen and oxygen atoms in total. The van der Waals surface area contributed by atoms with Crippen LogP contribution in [0, 0.1) is 19.8 Å². The summed E-state index contributed by atoms with van der Waals surface area (Å²) in [5.74, 6) is -0.531. The van der Waals surface area contributed by atoms with Crippen molar-refractivity contribution in [3.05, 3.63) is 28.8 Å². The molecule has 0 bridgehead atoms. The molecule has 1 atom stereocenters. The van der Waals surface area contributed by atoms with Gasteiger partial charge in [-0.15, -0.1) is 0 Å². The van der Waals surface area contributed by atoms with Gasteiger partial charge < -0.3 is 15.4 Å². The smallest absolute Gasteiger partial charge is 0.310 e. The number of likely N-dealkylation sites (tertiary alicyclic amines) is 1. The van der Waals surface area contributed by atoms with Crippen molar-refractivity contribution in [1.82, 2.24) is 4.90 Å². The lowest BCUT2D eigenvalue weighted by atomic mass is 9.96. The maximum absolute atomic E-state index is 12.7. The normalized spacial score (nSPS) is 18.4. The SMILES string of the molecule is COC(=O)C1CCCN(C(=O)c2cc(N)c(C)cc2C)C1. The molecule has 1 amide bonds. The molecular weight excluding hydrogens is 268 g/mol. The van der Waals surface area contributed by atoms with Gasteiger partial charge in [-0.2, -0.15) is 0 Å². The fraction of sp³-hybridized carbons (Fsp3) is 0.500.